The molecular formula is C13H17N3O3. The maximum atomic E-state index is 10.8. The van der Waals surface area contributed by atoms with Crippen LogP contribution in [0, 0.1) is 16.0 Å². The number of nitro groups is 1. The largest absolute Gasteiger partial charge is 0.472 e. The molecule has 2 N–H and O–H groups in total. The van der Waals surface area contributed by atoms with Gasteiger partial charge in [-0.15, -0.1) is 0 Å². The Labute approximate surface area is 111 Å². The van der Waals surface area contributed by atoms with Gasteiger partial charge in [0.15, 0.2) is 5.72 Å². The number of nitrogens with two attached hydrogens (primary N) is 1. The Bertz CT molecular complexity index is 534. The second-order valence-corrected chi connectivity index (χ2v) is 5.52. The van der Waals surface area contributed by atoms with E-state index in [9.17, 15) is 10.1 Å². The summed E-state index contributed by atoms with van der Waals surface area (Å²) in [5.74, 6) is 0.870. The second-order valence-electron chi connectivity index (χ2n) is 5.52. The maximum absolute atomic E-state index is 10.8. The fourth-order valence-corrected chi connectivity index (χ4v) is 2.97. The topological polar surface area (TPSA) is 81.6 Å². The molecular weight excluding hydrogens is 246 g/mol. The van der Waals surface area contributed by atoms with Gasteiger partial charge in [0.05, 0.1) is 4.92 Å². The van der Waals surface area contributed by atoms with Crippen LogP contribution < -0.4 is 10.5 Å². The number of piperidine rings is 1. The molecule has 0 saturated carbocycles. The zero-order valence-electron chi connectivity index (χ0n) is 10.8. The lowest BCUT2D eigenvalue weighted by atomic mass is 9.81. The summed E-state index contributed by atoms with van der Waals surface area (Å²) in [5, 5.41) is 10.8. The summed E-state index contributed by atoms with van der Waals surface area (Å²) in [6.45, 7) is 1.77. The SMILES string of the molecule is CN1CCC2(N)Oc3ccc([N+](=O)[O-])cc3CC2C1. The molecule has 0 radical (unpaired) electrons. The lowest BCUT2D eigenvalue weighted by molar-refractivity contribution is -0.385. The average molecular weight is 263 g/mol. The summed E-state index contributed by atoms with van der Waals surface area (Å²) in [7, 11) is 2.06. The molecule has 0 spiro atoms. The van der Waals surface area contributed by atoms with E-state index >= 15 is 0 Å². The number of nitro benzene ring substituents is 1. The summed E-state index contributed by atoms with van der Waals surface area (Å²) >= 11 is 0. The molecule has 0 bridgehead atoms. The molecule has 1 aromatic carbocycles. The van der Waals surface area contributed by atoms with E-state index in [0.717, 1.165) is 31.5 Å². The highest BCUT2D eigenvalue weighted by atomic mass is 16.6. The van der Waals surface area contributed by atoms with Crippen molar-refractivity contribution in [1.29, 1.82) is 0 Å². The number of rotatable bonds is 1. The lowest BCUT2D eigenvalue weighted by Crippen LogP contribution is -2.62. The van der Waals surface area contributed by atoms with Crippen LogP contribution >= 0.6 is 0 Å². The Kier molecular flexibility index (Phi) is 2.72. The molecule has 2 atom stereocenters. The van der Waals surface area contributed by atoms with E-state index in [4.69, 9.17) is 10.5 Å². The van der Waals surface area contributed by atoms with Gasteiger partial charge in [-0.3, -0.25) is 15.8 Å². The number of nitrogens with zero attached hydrogens (tertiary/aromatic N) is 2. The molecule has 6 nitrogen and oxygen atoms in total. The van der Waals surface area contributed by atoms with E-state index in [0.29, 0.717) is 5.75 Å². The Hall–Kier alpha value is -1.66. The number of fused-ring (bicyclic) bond motifs is 2. The van der Waals surface area contributed by atoms with E-state index in [-0.39, 0.29) is 16.5 Å². The summed E-state index contributed by atoms with van der Waals surface area (Å²) in [6.07, 6.45) is 1.52. The van der Waals surface area contributed by atoms with Gasteiger partial charge in [-0.05, 0) is 19.5 Å². The zero-order valence-corrected chi connectivity index (χ0v) is 10.8. The second kappa shape index (κ2) is 4.18. The van der Waals surface area contributed by atoms with Crippen molar-refractivity contribution in [2.45, 2.75) is 18.6 Å². The minimum atomic E-state index is -0.629. The predicted octanol–water partition coefficient (Wildman–Crippen LogP) is 1.14. The molecule has 2 aliphatic heterocycles. The van der Waals surface area contributed by atoms with Crippen LogP contribution in [0.2, 0.25) is 0 Å². The third kappa shape index (κ3) is 2.06. The van der Waals surface area contributed by atoms with Gasteiger partial charge in [0.2, 0.25) is 0 Å². The molecule has 1 saturated heterocycles. The van der Waals surface area contributed by atoms with Crippen molar-refractivity contribution in [1.82, 2.24) is 4.90 Å². The molecule has 2 unspecified atom stereocenters. The number of likely N-dealkylation sites (tertiary alicyclic amines) is 1. The first-order valence-corrected chi connectivity index (χ1v) is 6.42. The van der Waals surface area contributed by atoms with Gasteiger partial charge in [0, 0.05) is 43.1 Å². The Morgan fingerprint density at radius 3 is 3.11 bits per heavy atom. The first-order valence-electron chi connectivity index (χ1n) is 6.42. The molecule has 0 aromatic heterocycles. The Balaban J connectivity index is 1.95. The molecule has 0 aliphatic carbocycles. The fourth-order valence-electron chi connectivity index (χ4n) is 2.97. The molecule has 6 heteroatoms. The van der Waals surface area contributed by atoms with Crippen LogP contribution in [0.3, 0.4) is 0 Å². The minimum absolute atomic E-state index is 0.107. The van der Waals surface area contributed by atoms with Gasteiger partial charge < -0.3 is 9.64 Å². The van der Waals surface area contributed by atoms with Crippen LogP contribution in [0.4, 0.5) is 5.69 Å². The van der Waals surface area contributed by atoms with Crippen LogP contribution in [0.5, 0.6) is 5.75 Å². The highest BCUT2D eigenvalue weighted by Crippen LogP contribution is 2.39. The van der Waals surface area contributed by atoms with Crippen LogP contribution in [-0.2, 0) is 6.42 Å². The van der Waals surface area contributed by atoms with Crippen LogP contribution in [0.25, 0.3) is 0 Å². The quantitative estimate of drug-likeness (QED) is 0.607. The number of hydrogen-bond donors (Lipinski definition) is 1. The highest BCUT2D eigenvalue weighted by molar-refractivity contribution is 5.45. The molecule has 1 aromatic rings. The molecule has 3 rings (SSSR count). The Morgan fingerprint density at radius 2 is 2.37 bits per heavy atom. The highest BCUT2D eigenvalue weighted by Gasteiger charge is 2.44. The number of ether oxygens (including phenoxy) is 1. The fraction of sp³-hybridized carbons (Fsp3) is 0.538. The third-order valence-electron chi connectivity index (χ3n) is 4.13. The van der Waals surface area contributed by atoms with Crippen LogP contribution in [-0.4, -0.2) is 35.7 Å². The van der Waals surface area contributed by atoms with Gasteiger partial charge in [0.1, 0.15) is 5.75 Å². The first kappa shape index (κ1) is 12.4. The first-order chi connectivity index (χ1) is 8.98. The summed E-state index contributed by atoms with van der Waals surface area (Å²) < 4.78 is 5.93. The summed E-state index contributed by atoms with van der Waals surface area (Å²) in [5.41, 5.74) is 6.72. The van der Waals surface area contributed by atoms with Crippen molar-refractivity contribution < 1.29 is 9.66 Å². The third-order valence-corrected chi connectivity index (χ3v) is 4.13. The van der Waals surface area contributed by atoms with Crippen molar-refractivity contribution in [3.63, 3.8) is 0 Å². The van der Waals surface area contributed by atoms with E-state index in [1.807, 2.05) is 0 Å². The van der Waals surface area contributed by atoms with E-state index in [1.54, 1.807) is 12.1 Å². The predicted molar refractivity (Wildman–Crippen MR) is 70.0 cm³/mol. The van der Waals surface area contributed by atoms with E-state index < -0.39 is 5.72 Å². The van der Waals surface area contributed by atoms with E-state index in [2.05, 4.69) is 11.9 Å². The van der Waals surface area contributed by atoms with Crippen molar-refractivity contribution >= 4 is 5.69 Å². The van der Waals surface area contributed by atoms with Crippen molar-refractivity contribution in [3.8, 4) is 5.75 Å². The monoisotopic (exact) mass is 263 g/mol. The molecule has 2 aliphatic rings. The van der Waals surface area contributed by atoms with Gasteiger partial charge in [0.25, 0.3) is 5.69 Å². The summed E-state index contributed by atoms with van der Waals surface area (Å²) in [4.78, 5) is 12.7. The van der Waals surface area contributed by atoms with Gasteiger partial charge in [-0.1, -0.05) is 0 Å². The molecule has 2 heterocycles. The molecule has 0 amide bonds. The summed E-state index contributed by atoms with van der Waals surface area (Å²) in [6, 6.07) is 4.73. The number of benzene rings is 1. The number of hydrogen-bond acceptors (Lipinski definition) is 5. The normalized spacial score (nSPS) is 30.1. The van der Waals surface area contributed by atoms with Gasteiger partial charge in [-0.25, -0.2) is 0 Å². The molecule has 19 heavy (non-hydrogen) atoms. The smallest absolute Gasteiger partial charge is 0.269 e. The minimum Gasteiger partial charge on any atom is -0.472 e. The van der Waals surface area contributed by atoms with Crippen LogP contribution in [0.1, 0.15) is 12.0 Å². The standard InChI is InChI=1S/C13H17N3O3/c1-15-5-4-13(14)10(8-15)6-9-7-11(16(17)18)2-3-12(9)19-13/h2-3,7,10H,4-6,8,14H2,1H3. The Morgan fingerprint density at radius 1 is 1.58 bits per heavy atom. The van der Waals surface area contributed by atoms with Crippen molar-refractivity contribution in [3.05, 3.63) is 33.9 Å². The zero-order chi connectivity index (χ0) is 13.6. The molecule has 102 valence electrons. The lowest BCUT2D eigenvalue weighted by Gasteiger charge is -2.47. The molecule has 1 fully saturated rings. The van der Waals surface area contributed by atoms with Crippen LogP contribution in [0.15, 0.2) is 18.2 Å². The average Bonchev–Trinajstić information content (AvgIpc) is 2.36. The van der Waals surface area contributed by atoms with Gasteiger partial charge in [-0.2, -0.15) is 0 Å². The van der Waals surface area contributed by atoms with E-state index in [1.165, 1.54) is 6.07 Å². The van der Waals surface area contributed by atoms with Gasteiger partial charge >= 0.3 is 0 Å². The maximum Gasteiger partial charge on any atom is 0.269 e. The van der Waals surface area contributed by atoms with Crippen molar-refractivity contribution in [2.24, 2.45) is 11.7 Å². The van der Waals surface area contributed by atoms with Crippen molar-refractivity contribution in [2.75, 3.05) is 20.1 Å². The number of non-ortho nitro benzene ring substituents is 1.